The molecular weight excluding hydrogens is 303 g/mol. The van der Waals surface area contributed by atoms with Crippen LogP contribution in [0.25, 0.3) is 11.0 Å². The van der Waals surface area contributed by atoms with Crippen molar-refractivity contribution in [2.45, 2.75) is 6.92 Å². The lowest BCUT2D eigenvalue weighted by molar-refractivity contribution is 0.262. The topological polar surface area (TPSA) is 72.7 Å². The predicted octanol–water partition coefficient (Wildman–Crippen LogP) is 4.32. The van der Waals surface area contributed by atoms with Crippen molar-refractivity contribution in [3.8, 4) is 0 Å². The third kappa shape index (κ3) is 3.15. The molecule has 0 fully saturated rings. The summed E-state index contributed by atoms with van der Waals surface area (Å²) >= 11 is 5.01. The van der Waals surface area contributed by atoms with Gasteiger partial charge in [-0.3, -0.25) is 0 Å². The molecule has 1 aromatic heterocycles. The average Bonchev–Trinajstić information content (AvgIpc) is 2.76. The van der Waals surface area contributed by atoms with E-state index in [-0.39, 0.29) is 0 Å². The molecule has 0 saturated heterocycles. The lowest BCUT2D eigenvalue weighted by atomic mass is 10.2. The number of aryl methyl sites for hydroxylation is 1. The van der Waals surface area contributed by atoms with E-state index in [1.54, 1.807) is 25.1 Å². The summed E-state index contributed by atoms with van der Waals surface area (Å²) in [6.07, 6.45) is 0. The van der Waals surface area contributed by atoms with E-state index >= 15 is 0 Å². The van der Waals surface area contributed by atoms with Gasteiger partial charge in [-0.15, -0.1) is 0 Å². The molecule has 3 aromatic rings. The molecule has 3 rings (SSSR count). The van der Waals surface area contributed by atoms with Crippen molar-refractivity contribution in [3.05, 3.63) is 52.5 Å². The number of carbonyl (C=O) groups excluding carboxylic acids is 1. The average molecular weight is 316 g/mol. The highest BCUT2D eigenvalue weighted by Gasteiger charge is 2.06. The molecule has 0 aliphatic carbocycles. The van der Waals surface area contributed by atoms with Crippen LogP contribution in [0.3, 0.4) is 0 Å². The minimum absolute atomic E-state index is 0.392. The van der Waals surface area contributed by atoms with Crippen LogP contribution in [0.4, 0.5) is 20.6 Å². The molecule has 5 nitrogen and oxygen atoms in total. The number of rotatable bonds is 2. The van der Waals surface area contributed by atoms with Crippen LogP contribution >= 0.6 is 12.2 Å². The number of anilines is 2. The molecule has 0 spiro atoms. The highest BCUT2D eigenvalue weighted by Crippen LogP contribution is 2.17. The number of H-pyrrole nitrogens is 2. The lowest BCUT2D eigenvalue weighted by Gasteiger charge is -2.08. The fraction of sp³-hybridized carbons (Fsp3) is 0.0667. The number of hydrogen-bond acceptors (Lipinski definition) is 2. The quantitative estimate of drug-likeness (QED) is 0.532. The molecule has 22 heavy (non-hydrogen) atoms. The van der Waals surface area contributed by atoms with Crippen molar-refractivity contribution < 1.29 is 9.18 Å². The zero-order chi connectivity index (χ0) is 15.7. The van der Waals surface area contributed by atoms with Crippen LogP contribution in [0.1, 0.15) is 5.56 Å². The Morgan fingerprint density at radius 3 is 2.55 bits per heavy atom. The predicted molar refractivity (Wildman–Crippen MR) is 87.3 cm³/mol. The Balaban J connectivity index is 1.76. The van der Waals surface area contributed by atoms with Gasteiger partial charge < -0.3 is 20.6 Å². The molecule has 2 aromatic carbocycles. The summed E-state index contributed by atoms with van der Waals surface area (Å²) in [5.74, 6) is -0.392. The maximum absolute atomic E-state index is 13.3. The number of halogens is 1. The number of benzene rings is 2. The van der Waals surface area contributed by atoms with E-state index in [2.05, 4.69) is 20.6 Å². The van der Waals surface area contributed by atoms with Crippen LogP contribution in [-0.2, 0) is 0 Å². The van der Waals surface area contributed by atoms with Crippen LogP contribution in [0, 0.1) is 17.5 Å². The maximum atomic E-state index is 13.3. The lowest BCUT2D eigenvalue weighted by Crippen LogP contribution is -2.19. The van der Waals surface area contributed by atoms with Crippen LogP contribution in [0.2, 0.25) is 0 Å². The fourth-order valence-corrected chi connectivity index (χ4v) is 2.43. The van der Waals surface area contributed by atoms with Crippen molar-refractivity contribution in [1.82, 2.24) is 9.97 Å². The van der Waals surface area contributed by atoms with Crippen LogP contribution < -0.4 is 10.6 Å². The third-order valence-corrected chi connectivity index (χ3v) is 3.28. The largest absolute Gasteiger partial charge is 0.331 e. The number of imidazole rings is 1. The van der Waals surface area contributed by atoms with Gasteiger partial charge in [-0.1, -0.05) is 0 Å². The minimum atomic E-state index is -0.446. The number of carbonyl (C=O) groups is 1. The van der Waals surface area contributed by atoms with E-state index in [0.29, 0.717) is 16.1 Å². The minimum Gasteiger partial charge on any atom is -0.331 e. The summed E-state index contributed by atoms with van der Waals surface area (Å²) in [7, 11) is 0. The van der Waals surface area contributed by atoms with Gasteiger partial charge in [0.05, 0.1) is 11.0 Å². The number of hydrogen-bond donors (Lipinski definition) is 4. The van der Waals surface area contributed by atoms with E-state index in [9.17, 15) is 9.18 Å². The number of fused-ring (bicyclic) bond motifs is 1. The van der Waals surface area contributed by atoms with Gasteiger partial charge in [0.25, 0.3) is 0 Å². The number of aromatic amines is 2. The van der Waals surface area contributed by atoms with E-state index in [1.165, 1.54) is 12.1 Å². The highest BCUT2D eigenvalue weighted by molar-refractivity contribution is 7.71. The summed E-state index contributed by atoms with van der Waals surface area (Å²) in [4.78, 5) is 17.9. The summed E-state index contributed by atoms with van der Waals surface area (Å²) in [5.41, 5.74) is 3.39. The molecule has 4 N–H and O–H groups in total. The molecule has 7 heteroatoms. The Hall–Kier alpha value is -2.67. The Labute approximate surface area is 130 Å². The van der Waals surface area contributed by atoms with E-state index in [4.69, 9.17) is 12.2 Å². The normalized spacial score (nSPS) is 10.6. The Morgan fingerprint density at radius 1 is 1.05 bits per heavy atom. The van der Waals surface area contributed by atoms with Gasteiger partial charge in [0.1, 0.15) is 5.82 Å². The van der Waals surface area contributed by atoms with Crippen molar-refractivity contribution >= 4 is 40.7 Å². The molecule has 0 saturated carbocycles. The van der Waals surface area contributed by atoms with E-state index < -0.39 is 11.8 Å². The van der Waals surface area contributed by atoms with Gasteiger partial charge in [0, 0.05) is 11.4 Å². The number of amides is 2. The standard InChI is InChI=1S/C15H13FN4OS/c1-8-4-9(16)6-11(5-8)18-14(21)17-10-2-3-12-13(7-10)20-15(22)19-12/h2-7H,1H3,(H2,17,18,21)(H2,19,20,22). The van der Waals surface area contributed by atoms with Gasteiger partial charge in [-0.2, -0.15) is 0 Å². The second-order valence-electron chi connectivity index (χ2n) is 4.94. The first-order valence-electron chi connectivity index (χ1n) is 6.57. The molecular formula is C15H13FN4OS. The first-order valence-corrected chi connectivity index (χ1v) is 6.98. The third-order valence-electron chi connectivity index (χ3n) is 3.07. The number of urea groups is 1. The van der Waals surface area contributed by atoms with Crippen molar-refractivity contribution in [1.29, 1.82) is 0 Å². The van der Waals surface area contributed by atoms with E-state index in [0.717, 1.165) is 16.6 Å². The molecule has 0 aliphatic heterocycles. The molecule has 112 valence electrons. The van der Waals surface area contributed by atoms with Crippen molar-refractivity contribution in [2.75, 3.05) is 10.6 Å². The van der Waals surface area contributed by atoms with E-state index in [1.807, 2.05) is 6.07 Å². The summed E-state index contributed by atoms with van der Waals surface area (Å²) in [6, 6.07) is 9.22. The Morgan fingerprint density at radius 2 is 1.77 bits per heavy atom. The maximum Gasteiger partial charge on any atom is 0.323 e. The molecule has 0 bridgehead atoms. The van der Waals surface area contributed by atoms with Crippen molar-refractivity contribution in [2.24, 2.45) is 0 Å². The van der Waals surface area contributed by atoms with Gasteiger partial charge in [-0.05, 0) is 61.1 Å². The second kappa shape index (κ2) is 5.61. The van der Waals surface area contributed by atoms with Crippen molar-refractivity contribution in [3.63, 3.8) is 0 Å². The second-order valence-corrected chi connectivity index (χ2v) is 5.34. The number of aromatic nitrogens is 2. The van der Waals surface area contributed by atoms with Gasteiger partial charge >= 0.3 is 6.03 Å². The first kappa shape index (κ1) is 14.3. The van der Waals surface area contributed by atoms with Gasteiger partial charge in [-0.25, -0.2) is 9.18 Å². The first-order chi connectivity index (χ1) is 10.5. The molecule has 0 atom stereocenters. The zero-order valence-electron chi connectivity index (χ0n) is 11.7. The summed E-state index contributed by atoms with van der Waals surface area (Å²) in [5, 5.41) is 5.29. The van der Waals surface area contributed by atoms with Gasteiger partial charge in [0.2, 0.25) is 0 Å². The van der Waals surface area contributed by atoms with Crippen LogP contribution in [0.5, 0.6) is 0 Å². The summed E-state index contributed by atoms with van der Waals surface area (Å²) < 4.78 is 13.8. The zero-order valence-corrected chi connectivity index (χ0v) is 12.5. The molecule has 2 amide bonds. The fourth-order valence-electron chi connectivity index (χ4n) is 2.21. The van der Waals surface area contributed by atoms with Crippen LogP contribution in [-0.4, -0.2) is 16.0 Å². The molecule has 0 unspecified atom stereocenters. The van der Waals surface area contributed by atoms with Gasteiger partial charge in [0.15, 0.2) is 4.77 Å². The summed E-state index contributed by atoms with van der Waals surface area (Å²) in [6.45, 7) is 1.76. The molecule has 0 aliphatic rings. The monoisotopic (exact) mass is 316 g/mol. The number of nitrogens with one attached hydrogen (secondary N) is 4. The SMILES string of the molecule is Cc1cc(F)cc(NC(=O)Nc2ccc3[nH]c(=S)[nH]c3c2)c1. The molecule has 1 heterocycles. The molecule has 0 radical (unpaired) electrons. The Bertz CT molecular complexity index is 895. The Kier molecular flexibility index (Phi) is 3.64. The smallest absolute Gasteiger partial charge is 0.323 e. The van der Waals surface area contributed by atoms with Crippen LogP contribution in [0.15, 0.2) is 36.4 Å². The highest BCUT2D eigenvalue weighted by atomic mass is 32.1.